The number of likely N-dealkylation sites (N-methyl/N-ethyl adjacent to an activating group) is 1. The summed E-state index contributed by atoms with van der Waals surface area (Å²) in [6.45, 7) is 2.23. The molecule has 0 amide bonds. The molecule has 1 saturated heterocycles. The molecule has 1 spiro atoms. The van der Waals surface area contributed by atoms with E-state index < -0.39 is 15.6 Å². The van der Waals surface area contributed by atoms with E-state index in [1.165, 1.54) is 0 Å². The minimum atomic E-state index is -3.66. The first kappa shape index (κ1) is 18.3. The molecule has 0 N–H and O–H groups in total. The summed E-state index contributed by atoms with van der Waals surface area (Å²) in [6.07, 6.45) is 0.798. The van der Waals surface area contributed by atoms with E-state index >= 15 is 0 Å². The lowest BCUT2D eigenvalue weighted by atomic mass is 10.0. The standard InChI is InChI=1S/C20H24N2O4S/c1-21-12-11-20(14-21)15-22(13-16-7-9-17(25-2)10-8-16)27(23,24)19-6-4-3-5-18(19)26-20/h3-10H,11-15H2,1-2H3/t20-/m1/s1. The van der Waals surface area contributed by atoms with E-state index in [0.717, 1.165) is 24.3 Å². The topological polar surface area (TPSA) is 59.1 Å². The minimum Gasteiger partial charge on any atom is -0.497 e. The Morgan fingerprint density at radius 2 is 1.85 bits per heavy atom. The summed E-state index contributed by atoms with van der Waals surface area (Å²) >= 11 is 0. The van der Waals surface area contributed by atoms with Gasteiger partial charge in [0.1, 0.15) is 22.0 Å². The van der Waals surface area contributed by atoms with Crippen LogP contribution in [0.5, 0.6) is 11.5 Å². The zero-order valence-corrected chi connectivity index (χ0v) is 16.4. The molecule has 2 aliphatic rings. The van der Waals surface area contributed by atoms with Crippen LogP contribution in [0.3, 0.4) is 0 Å². The molecule has 0 aliphatic carbocycles. The van der Waals surface area contributed by atoms with Crippen molar-refractivity contribution >= 4 is 10.0 Å². The van der Waals surface area contributed by atoms with E-state index in [1.54, 1.807) is 29.6 Å². The Morgan fingerprint density at radius 3 is 2.52 bits per heavy atom. The van der Waals surface area contributed by atoms with Gasteiger partial charge in [-0.05, 0) is 36.9 Å². The van der Waals surface area contributed by atoms with Crippen LogP contribution in [0.15, 0.2) is 53.4 Å². The van der Waals surface area contributed by atoms with Crippen molar-refractivity contribution in [3.63, 3.8) is 0 Å². The fourth-order valence-electron chi connectivity index (χ4n) is 3.89. The average Bonchev–Trinajstić information content (AvgIpc) is 2.98. The van der Waals surface area contributed by atoms with Gasteiger partial charge in [-0.3, -0.25) is 0 Å². The van der Waals surface area contributed by atoms with Crippen molar-refractivity contribution in [3.8, 4) is 11.5 Å². The molecule has 144 valence electrons. The van der Waals surface area contributed by atoms with E-state index in [1.807, 2.05) is 37.4 Å². The second-order valence-corrected chi connectivity index (χ2v) is 9.25. The van der Waals surface area contributed by atoms with Crippen LogP contribution in [0.4, 0.5) is 0 Å². The van der Waals surface area contributed by atoms with Gasteiger partial charge in [0.05, 0.1) is 13.7 Å². The van der Waals surface area contributed by atoms with Crippen LogP contribution in [-0.2, 0) is 16.6 Å². The summed E-state index contributed by atoms with van der Waals surface area (Å²) in [4.78, 5) is 2.43. The summed E-state index contributed by atoms with van der Waals surface area (Å²) in [7, 11) is -0.00267. The van der Waals surface area contributed by atoms with Crippen molar-refractivity contribution in [1.82, 2.24) is 9.21 Å². The number of sulfonamides is 1. The van der Waals surface area contributed by atoms with Crippen molar-refractivity contribution in [3.05, 3.63) is 54.1 Å². The predicted octanol–water partition coefficient (Wildman–Crippen LogP) is 2.35. The van der Waals surface area contributed by atoms with E-state index in [2.05, 4.69) is 4.90 Å². The molecular weight excluding hydrogens is 364 g/mol. The van der Waals surface area contributed by atoms with Crippen LogP contribution >= 0.6 is 0 Å². The number of hydrogen-bond donors (Lipinski definition) is 0. The third-order valence-electron chi connectivity index (χ3n) is 5.28. The number of rotatable bonds is 3. The lowest BCUT2D eigenvalue weighted by molar-refractivity contribution is 0.0605. The highest BCUT2D eigenvalue weighted by molar-refractivity contribution is 7.89. The van der Waals surface area contributed by atoms with Crippen molar-refractivity contribution in [2.24, 2.45) is 0 Å². The van der Waals surface area contributed by atoms with Crippen LogP contribution < -0.4 is 9.47 Å². The molecule has 0 bridgehead atoms. The number of fused-ring (bicyclic) bond motifs is 1. The molecule has 1 atom stereocenters. The van der Waals surface area contributed by atoms with Crippen molar-refractivity contribution in [2.45, 2.75) is 23.5 Å². The van der Waals surface area contributed by atoms with Crippen molar-refractivity contribution in [2.75, 3.05) is 33.8 Å². The number of nitrogens with zero attached hydrogens (tertiary/aromatic N) is 2. The molecule has 4 rings (SSSR count). The molecule has 6 nitrogen and oxygen atoms in total. The van der Waals surface area contributed by atoms with Crippen LogP contribution in [0.1, 0.15) is 12.0 Å². The van der Waals surface area contributed by atoms with E-state index in [-0.39, 0.29) is 4.90 Å². The van der Waals surface area contributed by atoms with E-state index in [0.29, 0.717) is 25.4 Å². The summed E-state index contributed by atoms with van der Waals surface area (Å²) in [5.41, 5.74) is 0.390. The summed E-state index contributed by atoms with van der Waals surface area (Å²) in [6, 6.07) is 14.4. The first-order valence-corrected chi connectivity index (χ1v) is 10.5. The fraction of sp³-hybridized carbons (Fsp3) is 0.400. The highest BCUT2D eigenvalue weighted by atomic mass is 32.2. The van der Waals surface area contributed by atoms with Crippen LogP contribution in [-0.4, -0.2) is 57.0 Å². The van der Waals surface area contributed by atoms with Crippen LogP contribution in [0, 0.1) is 0 Å². The van der Waals surface area contributed by atoms with Gasteiger partial charge in [-0.2, -0.15) is 4.31 Å². The van der Waals surface area contributed by atoms with Gasteiger partial charge in [0.25, 0.3) is 0 Å². The number of ether oxygens (including phenoxy) is 2. The molecule has 2 heterocycles. The Morgan fingerprint density at radius 1 is 1.11 bits per heavy atom. The number of para-hydroxylation sites is 1. The Balaban J connectivity index is 1.74. The molecule has 27 heavy (non-hydrogen) atoms. The third-order valence-corrected chi connectivity index (χ3v) is 7.11. The largest absolute Gasteiger partial charge is 0.497 e. The summed E-state index contributed by atoms with van der Waals surface area (Å²) in [5, 5.41) is 0. The first-order valence-electron chi connectivity index (χ1n) is 9.02. The molecule has 2 aromatic rings. The van der Waals surface area contributed by atoms with Gasteiger partial charge in [-0.15, -0.1) is 0 Å². The second kappa shape index (κ2) is 6.82. The molecular formula is C20H24N2O4S. The van der Waals surface area contributed by atoms with Gasteiger partial charge in [-0.1, -0.05) is 24.3 Å². The molecule has 0 unspecified atom stereocenters. The molecule has 2 aromatic carbocycles. The molecule has 0 radical (unpaired) electrons. The Bertz CT molecular complexity index is 929. The van der Waals surface area contributed by atoms with Crippen molar-refractivity contribution < 1.29 is 17.9 Å². The Hall–Kier alpha value is -2.09. The SMILES string of the molecule is COc1ccc(CN2C[C@]3(CCN(C)C3)Oc3ccccc3S2(=O)=O)cc1. The fourth-order valence-corrected chi connectivity index (χ4v) is 5.51. The maximum atomic E-state index is 13.4. The third kappa shape index (κ3) is 3.42. The maximum absolute atomic E-state index is 13.4. The zero-order valence-electron chi connectivity index (χ0n) is 15.6. The van der Waals surface area contributed by atoms with Gasteiger partial charge in [0, 0.05) is 26.1 Å². The van der Waals surface area contributed by atoms with Gasteiger partial charge < -0.3 is 14.4 Å². The van der Waals surface area contributed by atoms with Gasteiger partial charge in [0.2, 0.25) is 10.0 Å². The molecule has 7 heteroatoms. The van der Waals surface area contributed by atoms with Crippen LogP contribution in [0.2, 0.25) is 0 Å². The monoisotopic (exact) mass is 388 g/mol. The van der Waals surface area contributed by atoms with Gasteiger partial charge in [-0.25, -0.2) is 8.42 Å². The highest BCUT2D eigenvalue weighted by Gasteiger charge is 2.46. The lowest BCUT2D eigenvalue weighted by Crippen LogP contribution is -2.48. The highest BCUT2D eigenvalue weighted by Crippen LogP contribution is 2.38. The summed E-state index contributed by atoms with van der Waals surface area (Å²) < 4.78 is 39.8. The Kier molecular flexibility index (Phi) is 4.61. The normalized spacial score (nSPS) is 25.0. The smallest absolute Gasteiger partial charge is 0.247 e. The molecule has 1 fully saturated rings. The summed E-state index contributed by atoms with van der Waals surface area (Å²) in [5.74, 6) is 1.20. The maximum Gasteiger partial charge on any atom is 0.247 e. The lowest BCUT2D eigenvalue weighted by Gasteiger charge is -2.31. The molecule has 2 aliphatic heterocycles. The Labute approximate surface area is 160 Å². The van der Waals surface area contributed by atoms with E-state index in [9.17, 15) is 8.42 Å². The average molecular weight is 388 g/mol. The zero-order chi connectivity index (χ0) is 19.1. The molecule has 0 saturated carbocycles. The minimum absolute atomic E-state index is 0.241. The quantitative estimate of drug-likeness (QED) is 0.808. The van der Waals surface area contributed by atoms with E-state index in [4.69, 9.17) is 9.47 Å². The van der Waals surface area contributed by atoms with Gasteiger partial charge in [0.15, 0.2) is 0 Å². The first-order chi connectivity index (χ1) is 12.9. The number of benzene rings is 2. The second-order valence-electron chi connectivity index (χ2n) is 7.34. The van der Waals surface area contributed by atoms with Crippen molar-refractivity contribution in [1.29, 1.82) is 0 Å². The van der Waals surface area contributed by atoms with Crippen LogP contribution in [0.25, 0.3) is 0 Å². The van der Waals surface area contributed by atoms with Gasteiger partial charge >= 0.3 is 0 Å². The number of methoxy groups -OCH3 is 1. The predicted molar refractivity (Wildman–Crippen MR) is 103 cm³/mol. The number of likely N-dealkylation sites (tertiary alicyclic amines) is 1. The number of hydrogen-bond acceptors (Lipinski definition) is 5. The molecule has 0 aromatic heterocycles.